The number of fused-ring (bicyclic) bond motifs is 6. The van der Waals surface area contributed by atoms with Crippen molar-refractivity contribution in [3.8, 4) is 17.2 Å². The Kier molecular flexibility index (Phi) is 9.68. The van der Waals surface area contributed by atoms with E-state index in [1.807, 2.05) is 0 Å². The van der Waals surface area contributed by atoms with E-state index in [0.29, 0.717) is 41.6 Å². The van der Waals surface area contributed by atoms with Gasteiger partial charge in [-0.2, -0.15) is 12.1 Å². The number of carbonyl (C=O) groups is 2. The third kappa shape index (κ3) is 5.22. The number of Topliss-reactive ketones (excluding diaryl/α,β-unsaturated/α-hetero) is 1. The minimum absolute atomic E-state index is 0. The number of hydrogen-bond donors (Lipinski definition) is 4. The van der Waals surface area contributed by atoms with Crippen LogP contribution in [0.1, 0.15) is 56.0 Å². The summed E-state index contributed by atoms with van der Waals surface area (Å²) in [5, 5.41) is 38.6. The van der Waals surface area contributed by atoms with E-state index in [-0.39, 0.29) is 76.3 Å². The molecule has 0 bridgehead atoms. The van der Waals surface area contributed by atoms with Crippen molar-refractivity contribution in [3.63, 3.8) is 0 Å². The van der Waals surface area contributed by atoms with E-state index in [4.69, 9.17) is 37.9 Å². The Hall–Kier alpha value is -2.55. The predicted octanol–water partition coefficient (Wildman–Crippen LogP) is 2.16. The molecule has 3 fully saturated rings. The molecule has 262 valence electrons. The van der Waals surface area contributed by atoms with Gasteiger partial charge in [0, 0.05) is 39.2 Å². The van der Waals surface area contributed by atoms with Gasteiger partial charge in [-0.1, -0.05) is 5.39 Å². The number of nitrogens with one attached hydrogen (secondary N) is 1. The molecule has 48 heavy (non-hydrogen) atoms. The van der Waals surface area contributed by atoms with Crippen LogP contribution in [-0.4, -0.2) is 108 Å². The Morgan fingerprint density at radius 1 is 1.23 bits per heavy atom. The molecule has 4 aliphatic heterocycles. The number of esters is 1. The predicted molar refractivity (Wildman–Crippen MR) is 163 cm³/mol. The van der Waals surface area contributed by atoms with Crippen molar-refractivity contribution >= 4 is 28.2 Å². The van der Waals surface area contributed by atoms with Crippen LogP contribution in [0.5, 0.6) is 17.2 Å². The number of phenolic OH excluding ortho intramolecular Hbond substituents is 1. The molecule has 1 aliphatic carbocycles. The van der Waals surface area contributed by atoms with E-state index in [1.165, 1.54) is 28.1 Å². The third-order valence-electron chi connectivity index (χ3n) is 9.84. The number of carbonyl (C=O) groups excluding carboxylic acids is 2. The number of anilines is 1. The van der Waals surface area contributed by atoms with Gasteiger partial charge in [-0.25, -0.2) is 0 Å². The molecule has 4 N–H and O–H groups in total. The van der Waals surface area contributed by atoms with Gasteiger partial charge < -0.3 is 66.0 Å². The van der Waals surface area contributed by atoms with Crippen LogP contribution in [0.25, 0.3) is 10.8 Å². The molecule has 0 amide bonds. The number of aliphatic hydroxyl groups is 2. The zero-order valence-electron chi connectivity index (χ0n) is 27.7. The number of hydrogen-bond acceptors (Lipinski definition) is 14. The van der Waals surface area contributed by atoms with Gasteiger partial charge in [-0.05, 0) is 43.3 Å². The van der Waals surface area contributed by atoms with Crippen molar-refractivity contribution in [1.29, 1.82) is 0 Å². The second-order valence-electron chi connectivity index (χ2n) is 12.8. The monoisotopic (exact) mass is 843 g/mol. The number of ether oxygens (including phenoxy) is 8. The van der Waals surface area contributed by atoms with Crippen molar-refractivity contribution in [2.75, 3.05) is 39.3 Å². The van der Waals surface area contributed by atoms with Gasteiger partial charge >= 0.3 is 27.0 Å². The molecule has 8 atom stereocenters. The quantitative estimate of drug-likeness (QED) is 0.189. The van der Waals surface area contributed by atoms with Crippen LogP contribution in [0.3, 0.4) is 0 Å². The van der Waals surface area contributed by atoms with Crippen molar-refractivity contribution < 1.29 is 83.9 Å². The molecule has 7 rings (SSSR count). The van der Waals surface area contributed by atoms with Crippen molar-refractivity contribution in [1.82, 2.24) is 0 Å². The average Bonchev–Trinajstić information content (AvgIpc) is 3.81. The first kappa shape index (κ1) is 36.7. The van der Waals surface area contributed by atoms with Crippen LogP contribution in [0.4, 0.5) is 5.69 Å². The maximum Gasteiger partial charge on any atom is 2.00 e. The smallest absolute Gasteiger partial charge is 0.517 e. The maximum atomic E-state index is 13.0. The summed E-state index contributed by atoms with van der Waals surface area (Å²) in [6, 6.07) is 4.83. The normalized spacial score (nSPS) is 36.3. The summed E-state index contributed by atoms with van der Waals surface area (Å²) in [6.07, 6.45) is -2.15. The molecule has 8 unspecified atom stereocenters. The summed E-state index contributed by atoms with van der Waals surface area (Å²) >= 11 is 0. The van der Waals surface area contributed by atoms with Crippen LogP contribution in [-0.2, 0) is 60.7 Å². The van der Waals surface area contributed by atoms with E-state index < -0.39 is 60.0 Å². The number of aromatic hydroxyl groups is 1. The molecular weight excluding hydrogens is 802 g/mol. The minimum atomic E-state index is -2.11. The summed E-state index contributed by atoms with van der Waals surface area (Å²) in [6.45, 7) is 4.01. The van der Waals surface area contributed by atoms with Crippen LogP contribution in [0.2, 0.25) is 0 Å². The second-order valence-corrected chi connectivity index (χ2v) is 12.8. The fourth-order valence-corrected chi connectivity index (χ4v) is 7.67. The Labute approximate surface area is 292 Å². The summed E-state index contributed by atoms with van der Waals surface area (Å²) in [4.78, 5) is 24.6. The van der Waals surface area contributed by atoms with Gasteiger partial charge in [-0.3, -0.25) is 9.59 Å². The van der Waals surface area contributed by atoms with Gasteiger partial charge in [-0.15, -0.1) is 0 Å². The van der Waals surface area contributed by atoms with Gasteiger partial charge in [0.15, 0.2) is 18.2 Å². The average molecular weight is 844 g/mol. The zero-order chi connectivity index (χ0) is 32.8. The Morgan fingerprint density at radius 2 is 1.96 bits per heavy atom. The summed E-state index contributed by atoms with van der Waals surface area (Å²) < 4.78 is 47.8. The van der Waals surface area contributed by atoms with Crippen LogP contribution in [0.15, 0.2) is 6.07 Å². The molecule has 1 spiro atoms. The Morgan fingerprint density at radius 3 is 2.58 bits per heavy atom. The minimum Gasteiger partial charge on any atom is -0.517 e. The second kappa shape index (κ2) is 12.6. The topological polar surface area (TPSA) is 184 Å². The molecule has 15 heteroatoms. The molecule has 2 aromatic rings. The maximum absolute atomic E-state index is 13.0. The van der Waals surface area contributed by atoms with Gasteiger partial charge in [0.05, 0.1) is 31.1 Å². The van der Waals surface area contributed by atoms with E-state index in [1.54, 1.807) is 13.0 Å². The van der Waals surface area contributed by atoms with E-state index in [9.17, 15) is 24.9 Å². The van der Waals surface area contributed by atoms with Gasteiger partial charge in [0.2, 0.25) is 11.4 Å². The van der Waals surface area contributed by atoms with E-state index in [2.05, 4.69) is 11.4 Å². The fraction of sp³-hybridized carbons (Fsp3) is 0.606. The van der Waals surface area contributed by atoms with E-state index in [0.717, 1.165) is 0 Å². The summed E-state index contributed by atoms with van der Waals surface area (Å²) in [5.74, 6) is -4.28. The number of phenols is 1. The number of ketones is 1. The first-order valence-electron chi connectivity index (χ1n) is 15.3. The largest absolute Gasteiger partial charge is 2.00 e. The molecule has 0 saturated carbocycles. The molecule has 0 radical (unpaired) electrons. The number of rotatable bonds is 6. The molecule has 2 aromatic carbocycles. The van der Waals surface area contributed by atoms with Crippen molar-refractivity contribution in [2.24, 2.45) is 0 Å². The SMILES string of the molecule is COc1c2c(c(O)c3c4c([c-]cc13)NCC1OC(O)(COC3CC(C)(O)C(OC(C)=O)C(C)O3)C3(CO3)C1(OC)O4)C(=O)CCC2.[CH3-].[W+2]. The van der Waals surface area contributed by atoms with Crippen LogP contribution < -0.4 is 14.8 Å². The molecule has 14 nitrogen and oxygen atoms in total. The molecular formula is C33H41NO13W. The third-order valence-corrected chi connectivity index (χ3v) is 9.84. The molecule has 3 saturated heterocycles. The standard InChI is InChI=1S/C32H38NO13.CH3.W/c1-15-28(44-16(2)34)29(3,37)11-22(43-15)41-14-31(38)30(13-42-30)32(40-5)21(45-31)12-33-19-10-9-18-24(27(19)46-32)25(36)23-17(26(18)39-4)7-6-8-20(23)35;;/h9,15,21-22,28,33,36-38H,6-8,11-14H2,1-5H3;1H3;/q2*-1;+2. The van der Waals surface area contributed by atoms with E-state index >= 15 is 0 Å². The van der Waals surface area contributed by atoms with Crippen LogP contribution >= 0.6 is 0 Å². The Balaban J connectivity index is 0.00000225. The zero-order valence-corrected chi connectivity index (χ0v) is 30.6. The molecule has 5 aliphatic rings. The fourth-order valence-electron chi connectivity index (χ4n) is 7.67. The first-order chi connectivity index (χ1) is 21.8. The first-order valence-corrected chi connectivity index (χ1v) is 15.3. The number of benzene rings is 2. The molecule has 0 aromatic heterocycles. The Bertz CT molecular complexity index is 1610. The number of methoxy groups -OCH3 is 2. The van der Waals surface area contributed by atoms with Crippen molar-refractivity contribution in [3.05, 3.63) is 30.7 Å². The van der Waals surface area contributed by atoms with Crippen molar-refractivity contribution in [2.45, 2.75) is 93.8 Å². The van der Waals surface area contributed by atoms with Gasteiger partial charge in [0.1, 0.15) is 24.1 Å². The van der Waals surface area contributed by atoms with Crippen LogP contribution in [0, 0.1) is 13.5 Å². The van der Waals surface area contributed by atoms with Gasteiger partial charge in [0.25, 0.3) is 5.79 Å². The summed E-state index contributed by atoms with van der Waals surface area (Å²) in [7, 11) is 2.91. The molecule has 4 heterocycles. The summed E-state index contributed by atoms with van der Waals surface area (Å²) in [5.41, 5.74) is -1.85. The number of epoxide rings is 1.